The predicted molar refractivity (Wildman–Crippen MR) is 88.5 cm³/mol. The van der Waals surface area contributed by atoms with Gasteiger partial charge in [-0.25, -0.2) is 12.8 Å². The number of amidine groups is 1. The fourth-order valence-electron chi connectivity index (χ4n) is 2.79. The summed E-state index contributed by atoms with van der Waals surface area (Å²) in [5.74, 6) is -0.354. The number of amides is 1. The highest BCUT2D eigenvalue weighted by Crippen LogP contribution is 2.39. The van der Waals surface area contributed by atoms with Crippen LogP contribution in [0.4, 0.5) is 4.39 Å². The molecule has 0 bridgehead atoms. The molecule has 0 N–H and O–H groups in total. The highest BCUT2D eigenvalue weighted by atomic mass is 32.2. The number of hydrogen-bond donors (Lipinski definition) is 0. The topological polar surface area (TPSA) is 66.8 Å². The van der Waals surface area contributed by atoms with Gasteiger partial charge >= 0.3 is 0 Å². The Morgan fingerprint density at radius 2 is 2.04 bits per heavy atom. The van der Waals surface area contributed by atoms with E-state index in [4.69, 9.17) is 0 Å². The summed E-state index contributed by atoms with van der Waals surface area (Å²) in [6.07, 6.45) is 0.308. The van der Waals surface area contributed by atoms with Crippen molar-refractivity contribution < 1.29 is 17.6 Å². The normalized spacial score (nSPS) is 27.4. The third kappa shape index (κ3) is 3.58. The molecule has 1 aromatic carbocycles. The van der Waals surface area contributed by atoms with Gasteiger partial charge in [-0.1, -0.05) is 30.8 Å². The van der Waals surface area contributed by atoms with Crippen LogP contribution in [0, 0.1) is 5.82 Å². The number of nitrogens with zero attached hydrogens (tertiary/aromatic N) is 2. The van der Waals surface area contributed by atoms with Crippen molar-refractivity contribution in [1.29, 1.82) is 0 Å². The molecular formula is C15H17FN2O3S2. The molecule has 2 aliphatic rings. The van der Waals surface area contributed by atoms with E-state index in [1.807, 2.05) is 4.90 Å². The van der Waals surface area contributed by atoms with Crippen LogP contribution in [0.5, 0.6) is 0 Å². The van der Waals surface area contributed by atoms with Crippen LogP contribution in [-0.4, -0.2) is 47.2 Å². The smallest absolute Gasteiger partial charge is 0.247 e. The van der Waals surface area contributed by atoms with Crippen LogP contribution in [0.15, 0.2) is 29.3 Å². The van der Waals surface area contributed by atoms with Crippen LogP contribution in [0.3, 0.4) is 0 Å². The van der Waals surface area contributed by atoms with Crippen molar-refractivity contribution in [2.45, 2.75) is 31.2 Å². The number of halogens is 1. The summed E-state index contributed by atoms with van der Waals surface area (Å²) in [6, 6.07) is 5.88. The highest BCUT2D eigenvalue weighted by molar-refractivity contribution is 8.15. The van der Waals surface area contributed by atoms with E-state index in [-0.39, 0.29) is 34.5 Å². The van der Waals surface area contributed by atoms with Gasteiger partial charge in [0, 0.05) is 18.2 Å². The van der Waals surface area contributed by atoms with Gasteiger partial charge in [0.1, 0.15) is 5.82 Å². The SMILES string of the molecule is CCC(=O)N=C1S[C@@H]2CS(=O)(=O)C[C@@H]2N1Cc1ccc(F)cc1. The maximum absolute atomic E-state index is 13.0. The maximum atomic E-state index is 13.0. The molecule has 2 fully saturated rings. The van der Waals surface area contributed by atoms with Gasteiger partial charge in [0.25, 0.3) is 0 Å². The van der Waals surface area contributed by atoms with Gasteiger partial charge < -0.3 is 4.90 Å². The van der Waals surface area contributed by atoms with Gasteiger partial charge in [0.2, 0.25) is 5.91 Å². The third-order valence-corrected chi connectivity index (χ3v) is 7.21. The zero-order valence-corrected chi connectivity index (χ0v) is 14.2. The van der Waals surface area contributed by atoms with Gasteiger partial charge in [-0.2, -0.15) is 4.99 Å². The zero-order chi connectivity index (χ0) is 16.6. The molecule has 0 aromatic heterocycles. The number of carbonyl (C=O) groups excluding carboxylic acids is 1. The quantitative estimate of drug-likeness (QED) is 0.827. The Bertz CT molecular complexity index is 746. The summed E-state index contributed by atoms with van der Waals surface area (Å²) < 4.78 is 36.8. The minimum atomic E-state index is -3.06. The molecule has 0 radical (unpaired) electrons. The largest absolute Gasteiger partial charge is 0.342 e. The van der Waals surface area contributed by atoms with Crippen molar-refractivity contribution in [3.63, 3.8) is 0 Å². The van der Waals surface area contributed by atoms with E-state index in [9.17, 15) is 17.6 Å². The van der Waals surface area contributed by atoms with E-state index in [1.54, 1.807) is 19.1 Å². The summed E-state index contributed by atoms with van der Waals surface area (Å²) in [6.45, 7) is 2.15. The molecule has 2 heterocycles. The van der Waals surface area contributed by atoms with Crippen LogP contribution in [-0.2, 0) is 21.2 Å². The van der Waals surface area contributed by atoms with Crippen molar-refractivity contribution in [3.8, 4) is 0 Å². The Kier molecular flexibility index (Phi) is 4.46. The van der Waals surface area contributed by atoms with E-state index >= 15 is 0 Å². The highest BCUT2D eigenvalue weighted by Gasteiger charge is 2.48. The second-order valence-corrected chi connectivity index (χ2v) is 9.06. The number of sulfone groups is 1. The monoisotopic (exact) mass is 356 g/mol. The van der Waals surface area contributed by atoms with Crippen LogP contribution >= 0.6 is 11.8 Å². The lowest BCUT2D eigenvalue weighted by Gasteiger charge is -2.24. The van der Waals surface area contributed by atoms with Gasteiger partial charge in [0.05, 0.1) is 17.5 Å². The summed E-state index contributed by atoms with van der Waals surface area (Å²) in [4.78, 5) is 17.7. The summed E-state index contributed by atoms with van der Waals surface area (Å²) >= 11 is 1.36. The molecule has 5 nitrogen and oxygen atoms in total. The van der Waals surface area contributed by atoms with Crippen LogP contribution < -0.4 is 0 Å². The first-order chi connectivity index (χ1) is 10.9. The number of benzene rings is 1. The van der Waals surface area contributed by atoms with Gasteiger partial charge in [-0.15, -0.1) is 0 Å². The zero-order valence-electron chi connectivity index (χ0n) is 12.6. The van der Waals surface area contributed by atoms with E-state index in [0.29, 0.717) is 18.1 Å². The van der Waals surface area contributed by atoms with Crippen molar-refractivity contribution in [2.24, 2.45) is 4.99 Å². The second-order valence-electron chi connectivity index (χ2n) is 5.70. The van der Waals surface area contributed by atoms with E-state index in [1.165, 1.54) is 23.9 Å². The fraction of sp³-hybridized carbons (Fsp3) is 0.467. The van der Waals surface area contributed by atoms with Gasteiger partial charge in [-0.3, -0.25) is 4.79 Å². The van der Waals surface area contributed by atoms with E-state index in [0.717, 1.165) is 5.56 Å². The first-order valence-electron chi connectivity index (χ1n) is 7.37. The lowest BCUT2D eigenvalue weighted by Crippen LogP contribution is -2.37. The average molecular weight is 356 g/mol. The molecule has 3 rings (SSSR count). The van der Waals surface area contributed by atoms with Crippen LogP contribution in [0.1, 0.15) is 18.9 Å². The molecule has 23 heavy (non-hydrogen) atoms. The van der Waals surface area contributed by atoms with Crippen molar-refractivity contribution in [2.75, 3.05) is 11.5 Å². The Balaban J connectivity index is 1.88. The standard InChI is InChI=1S/C15H17FN2O3S2/c1-2-14(19)17-15-18(7-10-3-5-11(16)6-4-10)12-8-23(20,21)9-13(12)22-15/h3-6,12-13H,2,7-9H2,1H3/t12-,13+/m0/s1. The Hall–Kier alpha value is -1.41. The van der Waals surface area contributed by atoms with E-state index < -0.39 is 9.84 Å². The molecule has 2 atom stereocenters. The molecule has 0 saturated carbocycles. The van der Waals surface area contributed by atoms with Gasteiger partial charge in [0.15, 0.2) is 15.0 Å². The molecule has 124 valence electrons. The lowest BCUT2D eigenvalue weighted by molar-refractivity contribution is -0.117. The van der Waals surface area contributed by atoms with E-state index in [2.05, 4.69) is 4.99 Å². The molecule has 0 aliphatic carbocycles. The van der Waals surface area contributed by atoms with Crippen molar-refractivity contribution in [1.82, 2.24) is 4.90 Å². The molecule has 8 heteroatoms. The van der Waals surface area contributed by atoms with Crippen molar-refractivity contribution in [3.05, 3.63) is 35.6 Å². The van der Waals surface area contributed by atoms with Crippen LogP contribution in [0.25, 0.3) is 0 Å². The number of carbonyl (C=O) groups is 1. The Labute approximate surface area is 138 Å². The van der Waals surface area contributed by atoms with Gasteiger partial charge in [-0.05, 0) is 17.7 Å². The molecule has 1 amide bonds. The summed E-state index contributed by atoms with van der Waals surface area (Å²) in [5.41, 5.74) is 0.855. The number of hydrogen-bond acceptors (Lipinski definition) is 4. The first-order valence-corrected chi connectivity index (χ1v) is 10.1. The number of thioether (sulfide) groups is 1. The molecule has 1 aromatic rings. The Morgan fingerprint density at radius 3 is 2.70 bits per heavy atom. The first kappa shape index (κ1) is 16.4. The minimum Gasteiger partial charge on any atom is -0.342 e. The predicted octanol–water partition coefficient (Wildman–Crippen LogP) is 1.83. The minimum absolute atomic E-state index is 0.0746. The fourth-order valence-corrected chi connectivity index (χ4v) is 6.76. The molecule has 2 saturated heterocycles. The average Bonchev–Trinajstić information content (AvgIpc) is 2.94. The van der Waals surface area contributed by atoms with Crippen molar-refractivity contribution >= 4 is 32.7 Å². The number of aliphatic imine (C=N–C) groups is 1. The second kappa shape index (κ2) is 6.24. The Morgan fingerprint density at radius 1 is 1.35 bits per heavy atom. The molecular weight excluding hydrogens is 339 g/mol. The molecule has 0 unspecified atom stereocenters. The summed E-state index contributed by atoms with van der Waals surface area (Å²) in [7, 11) is -3.06. The third-order valence-electron chi connectivity index (χ3n) is 3.96. The number of rotatable bonds is 3. The number of fused-ring (bicyclic) bond motifs is 1. The summed E-state index contributed by atoms with van der Waals surface area (Å²) in [5, 5.41) is 0.481. The molecule has 0 spiro atoms. The molecule has 2 aliphatic heterocycles. The maximum Gasteiger partial charge on any atom is 0.247 e. The lowest BCUT2D eigenvalue weighted by atomic mass is 10.1. The van der Waals surface area contributed by atoms with Crippen LogP contribution in [0.2, 0.25) is 0 Å².